The molecule has 0 aliphatic rings. The van der Waals surface area contributed by atoms with Crippen molar-refractivity contribution in [2.45, 2.75) is 34.6 Å². The van der Waals surface area contributed by atoms with Gasteiger partial charge in [0, 0.05) is 34.6 Å². The minimum absolute atomic E-state index is 0.120. The van der Waals surface area contributed by atoms with Gasteiger partial charge in [-0.25, -0.2) is 14.8 Å². The van der Waals surface area contributed by atoms with Crippen LogP contribution in [0.15, 0.2) is 12.4 Å². The molecule has 0 radical (unpaired) electrons. The summed E-state index contributed by atoms with van der Waals surface area (Å²) in [6.07, 6.45) is 2.72. The molecule has 2 N–H and O–H groups in total. The number of rotatable bonds is 4. The molecule has 2 heterocycles. The lowest BCUT2D eigenvalue weighted by atomic mass is 10.3. The highest BCUT2D eigenvalue weighted by Gasteiger charge is 2.27. The number of ketones is 4. The van der Waals surface area contributed by atoms with E-state index in [2.05, 4.69) is 15.0 Å². The highest BCUT2D eigenvalue weighted by atomic mass is 16.2. The molecule has 0 aromatic carbocycles. The normalized spacial score (nSPS) is 9.80. The zero-order valence-corrected chi connectivity index (χ0v) is 14.6. The van der Waals surface area contributed by atoms with Crippen LogP contribution in [-0.2, 0) is 0 Å². The number of aromatic nitrogens is 4. The van der Waals surface area contributed by atoms with E-state index >= 15 is 0 Å². The van der Waals surface area contributed by atoms with Gasteiger partial charge >= 0.3 is 11.7 Å². The Bertz CT molecular complexity index is 800. The first-order valence-electron chi connectivity index (χ1n) is 7.29. The molecule has 0 fully saturated rings. The average Bonchev–Trinajstić information content (AvgIpc) is 3.15. The SMILES string of the molecule is CC(=O)c1c[nH+]c(C(C)=O)n1C(C)=O.CC(=O)c1cnc(C(C)=O)[nH]1. The number of carbonyl (C=O) groups excluding carboxylic acids is 5. The second-order valence-electron chi connectivity index (χ2n) is 5.25. The van der Waals surface area contributed by atoms with Gasteiger partial charge < -0.3 is 4.98 Å². The number of nitrogens with one attached hydrogen (secondary N) is 2. The third-order valence-corrected chi connectivity index (χ3v) is 3.11. The van der Waals surface area contributed by atoms with Crippen molar-refractivity contribution in [2.75, 3.05) is 0 Å². The van der Waals surface area contributed by atoms with E-state index in [4.69, 9.17) is 0 Å². The molecule has 2 rings (SSSR count). The molecule has 0 unspecified atom stereocenters. The summed E-state index contributed by atoms with van der Waals surface area (Å²) in [5, 5.41) is 0. The fourth-order valence-corrected chi connectivity index (χ4v) is 1.91. The van der Waals surface area contributed by atoms with Crippen molar-refractivity contribution in [3.05, 3.63) is 35.4 Å². The van der Waals surface area contributed by atoms with Gasteiger partial charge in [0.05, 0.1) is 6.20 Å². The highest BCUT2D eigenvalue weighted by molar-refractivity contribution is 6.00. The Kier molecular flexibility index (Phi) is 6.38. The molecule has 2 aromatic heterocycles. The first kappa shape index (κ1) is 19.8. The number of Topliss-reactive ketones (excluding diaryl/α,β-unsaturated/α-hetero) is 4. The zero-order valence-electron chi connectivity index (χ0n) is 14.6. The van der Waals surface area contributed by atoms with Crippen LogP contribution in [0.4, 0.5) is 0 Å². The zero-order chi connectivity index (χ0) is 19.3. The minimum atomic E-state index is -0.360. The van der Waals surface area contributed by atoms with Gasteiger partial charge in [-0.05, 0) is 0 Å². The Morgan fingerprint density at radius 2 is 1.52 bits per heavy atom. The van der Waals surface area contributed by atoms with Crippen LogP contribution < -0.4 is 4.98 Å². The molecule has 0 bridgehead atoms. The van der Waals surface area contributed by atoms with Crippen LogP contribution >= 0.6 is 0 Å². The molecular formula is C16H19N4O5+. The summed E-state index contributed by atoms with van der Waals surface area (Å²) in [7, 11) is 0. The van der Waals surface area contributed by atoms with Gasteiger partial charge in [0.2, 0.25) is 17.3 Å². The summed E-state index contributed by atoms with van der Waals surface area (Å²) in [5.74, 6) is -0.835. The first-order valence-corrected chi connectivity index (χ1v) is 7.29. The summed E-state index contributed by atoms with van der Waals surface area (Å²) >= 11 is 0. The molecular weight excluding hydrogens is 328 g/mol. The Balaban J connectivity index is 0.000000257. The van der Waals surface area contributed by atoms with Gasteiger partial charge in [0.25, 0.3) is 0 Å². The third-order valence-electron chi connectivity index (χ3n) is 3.11. The summed E-state index contributed by atoms with van der Waals surface area (Å²) in [4.78, 5) is 63.7. The predicted molar refractivity (Wildman–Crippen MR) is 85.9 cm³/mol. The van der Waals surface area contributed by atoms with E-state index in [0.717, 1.165) is 4.57 Å². The van der Waals surface area contributed by atoms with Crippen LogP contribution in [0.1, 0.15) is 81.6 Å². The predicted octanol–water partition coefficient (Wildman–Crippen LogP) is 1.18. The van der Waals surface area contributed by atoms with Gasteiger partial charge in [-0.1, -0.05) is 0 Å². The maximum Gasteiger partial charge on any atom is 0.331 e. The van der Waals surface area contributed by atoms with Gasteiger partial charge in [-0.2, -0.15) is 4.57 Å². The standard InChI is InChI=1S/C9H10N2O3.C7H8N2O2/c1-5(12)8-4-10-9(6(2)13)11(8)7(3)14;1-4(10)6-3-8-7(9-6)5(2)11/h4H,1-3H3;3H,1-2H3,(H,8,9)/p+1. The maximum atomic E-state index is 11.2. The molecule has 25 heavy (non-hydrogen) atoms. The number of hydrogen-bond acceptors (Lipinski definition) is 6. The largest absolute Gasteiger partial charge is 0.333 e. The van der Waals surface area contributed by atoms with Crippen molar-refractivity contribution in [1.29, 1.82) is 0 Å². The van der Waals surface area contributed by atoms with Crippen molar-refractivity contribution >= 4 is 29.0 Å². The topological polar surface area (TPSA) is 133 Å². The number of nitrogens with zero attached hydrogens (tertiary/aromatic N) is 2. The molecule has 0 saturated heterocycles. The molecule has 0 amide bonds. The quantitative estimate of drug-likeness (QED) is 0.826. The Morgan fingerprint density at radius 1 is 0.920 bits per heavy atom. The smallest absolute Gasteiger partial charge is 0.331 e. The van der Waals surface area contributed by atoms with E-state index in [-0.39, 0.29) is 46.4 Å². The maximum absolute atomic E-state index is 11.2. The van der Waals surface area contributed by atoms with E-state index in [1.807, 2.05) is 0 Å². The number of hydrogen-bond donors (Lipinski definition) is 1. The van der Waals surface area contributed by atoms with Crippen molar-refractivity contribution < 1.29 is 29.0 Å². The fraction of sp³-hybridized carbons (Fsp3) is 0.312. The van der Waals surface area contributed by atoms with Gasteiger partial charge in [0.15, 0.2) is 17.4 Å². The fourth-order valence-electron chi connectivity index (χ4n) is 1.91. The van der Waals surface area contributed by atoms with E-state index < -0.39 is 0 Å². The van der Waals surface area contributed by atoms with Crippen LogP contribution in [0.5, 0.6) is 0 Å². The number of carbonyl (C=O) groups is 5. The van der Waals surface area contributed by atoms with Crippen molar-refractivity contribution in [1.82, 2.24) is 14.5 Å². The lowest BCUT2D eigenvalue weighted by Crippen LogP contribution is -2.21. The van der Waals surface area contributed by atoms with Crippen molar-refractivity contribution in [3.8, 4) is 0 Å². The monoisotopic (exact) mass is 347 g/mol. The van der Waals surface area contributed by atoms with Gasteiger partial charge in [-0.15, -0.1) is 0 Å². The van der Waals surface area contributed by atoms with Gasteiger partial charge in [-0.3, -0.25) is 19.2 Å². The number of aromatic amines is 2. The summed E-state index contributed by atoms with van der Waals surface area (Å²) in [6, 6.07) is 0. The Hall–Kier alpha value is -3.23. The Labute approximate surface area is 143 Å². The summed E-state index contributed by atoms with van der Waals surface area (Å²) in [5.41, 5.74) is 0.568. The van der Waals surface area contributed by atoms with E-state index in [1.54, 1.807) is 0 Å². The van der Waals surface area contributed by atoms with Crippen LogP contribution in [0.25, 0.3) is 0 Å². The van der Waals surface area contributed by atoms with Crippen LogP contribution in [0.2, 0.25) is 0 Å². The lowest BCUT2D eigenvalue weighted by Gasteiger charge is -1.94. The number of H-pyrrole nitrogens is 2. The summed E-state index contributed by atoms with van der Waals surface area (Å²) < 4.78 is 1.09. The second-order valence-corrected chi connectivity index (χ2v) is 5.25. The van der Waals surface area contributed by atoms with Crippen molar-refractivity contribution in [3.63, 3.8) is 0 Å². The molecule has 132 valence electrons. The number of imidazole rings is 2. The summed E-state index contributed by atoms with van der Waals surface area (Å²) in [6.45, 7) is 6.77. The molecule has 9 heteroatoms. The third kappa shape index (κ3) is 4.87. The van der Waals surface area contributed by atoms with Crippen LogP contribution in [0, 0.1) is 0 Å². The molecule has 2 aromatic rings. The van der Waals surface area contributed by atoms with E-state index in [1.165, 1.54) is 47.0 Å². The molecule has 0 aliphatic carbocycles. The molecule has 0 aliphatic heterocycles. The molecule has 9 nitrogen and oxygen atoms in total. The van der Waals surface area contributed by atoms with Crippen LogP contribution in [0.3, 0.4) is 0 Å². The molecule has 0 saturated carbocycles. The Morgan fingerprint density at radius 3 is 1.84 bits per heavy atom. The minimum Gasteiger partial charge on any atom is -0.333 e. The van der Waals surface area contributed by atoms with E-state index in [9.17, 15) is 24.0 Å². The van der Waals surface area contributed by atoms with Crippen molar-refractivity contribution in [2.24, 2.45) is 0 Å². The van der Waals surface area contributed by atoms with Crippen LogP contribution in [-0.4, -0.2) is 43.6 Å². The molecule has 0 atom stereocenters. The first-order chi connectivity index (χ1) is 11.6. The average molecular weight is 347 g/mol. The second kappa shape index (κ2) is 8.04. The van der Waals surface area contributed by atoms with E-state index in [0.29, 0.717) is 5.69 Å². The molecule has 0 spiro atoms. The lowest BCUT2D eigenvalue weighted by molar-refractivity contribution is -0.380. The van der Waals surface area contributed by atoms with Gasteiger partial charge in [0.1, 0.15) is 11.9 Å². The highest BCUT2D eigenvalue weighted by Crippen LogP contribution is 2.03.